The Morgan fingerprint density at radius 3 is 2.64 bits per heavy atom. The van der Waals surface area contributed by atoms with Crippen LogP contribution < -0.4 is 10.6 Å². The lowest BCUT2D eigenvalue weighted by Gasteiger charge is -2.14. The number of nitro groups is 1. The van der Waals surface area contributed by atoms with E-state index < -0.39 is 20.9 Å². The van der Waals surface area contributed by atoms with Gasteiger partial charge in [0.15, 0.2) is 0 Å². The summed E-state index contributed by atoms with van der Waals surface area (Å²) in [5.41, 5.74) is 0.486. The molecule has 2 N–H and O–H groups in total. The van der Waals surface area contributed by atoms with E-state index in [1.807, 2.05) is 0 Å². The van der Waals surface area contributed by atoms with E-state index in [1.54, 1.807) is 6.07 Å². The average Bonchev–Trinajstić information content (AvgIpc) is 3.34. The molecule has 1 aromatic carbocycles. The van der Waals surface area contributed by atoms with Gasteiger partial charge in [-0.05, 0) is 31.4 Å². The molecule has 0 bridgehead atoms. The third-order valence-electron chi connectivity index (χ3n) is 3.90. The summed E-state index contributed by atoms with van der Waals surface area (Å²) in [5.74, 6) is -0.428. The van der Waals surface area contributed by atoms with Crippen molar-refractivity contribution in [3.8, 4) is 0 Å². The second-order valence-corrected chi connectivity index (χ2v) is 8.19. The van der Waals surface area contributed by atoms with Gasteiger partial charge in [-0.15, -0.1) is 0 Å². The van der Waals surface area contributed by atoms with Gasteiger partial charge in [-0.1, -0.05) is 0 Å². The maximum Gasteiger partial charge on any atom is 0.293 e. The largest absolute Gasteiger partial charge is 0.377 e. The minimum Gasteiger partial charge on any atom is -0.377 e. The van der Waals surface area contributed by atoms with Gasteiger partial charge in [-0.2, -0.15) is 0 Å². The third-order valence-corrected chi connectivity index (χ3v) is 5.21. The van der Waals surface area contributed by atoms with Crippen molar-refractivity contribution >= 4 is 27.3 Å². The number of nitro benzene ring substituents is 1. The fourth-order valence-electron chi connectivity index (χ4n) is 2.17. The molecule has 0 saturated heterocycles. The molecular weight excluding hydrogens is 348 g/mol. The number of sulfonamides is 1. The quantitative estimate of drug-likeness (QED) is 0.382. The molecule has 0 radical (unpaired) electrons. The molecule has 1 aromatic rings. The second-order valence-electron chi connectivity index (χ2n) is 6.10. The van der Waals surface area contributed by atoms with Gasteiger partial charge < -0.3 is 10.6 Å². The highest BCUT2D eigenvalue weighted by molar-refractivity contribution is 7.88. The van der Waals surface area contributed by atoms with Gasteiger partial charge in [0.25, 0.3) is 11.6 Å². The third kappa shape index (κ3) is 5.68. The minimum atomic E-state index is -3.24. The summed E-state index contributed by atoms with van der Waals surface area (Å²) in [6.07, 6.45) is 3.53. The van der Waals surface area contributed by atoms with E-state index in [2.05, 4.69) is 10.6 Å². The van der Waals surface area contributed by atoms with Gasteiger partial charge in [-0.25, -0.2) is 12.7 Å². The van der Waals surface area contributed by atoms with E-state index in [-0.39, 0.29) is 30.4 Å². The van der Waals surface area contributed by atoms with Crippen LogP contribution in [0.25, 0.3) is 0 Å². The second kappa shape index (κ2) is 7.79. The summed E-state index contributed by atoms with van der Waals surface area (Å²) in [6.45, 7) is 0.554. The van der Waals surface area contributed by atoms with Gasteiger partial charge in [0.2, 0.25) is 10.0 Å². The molecule has 2 rings (SSSR count). The molecule has 1 aliphatic carbocycles. The lowest BCUT2D eigenvalue weighted by atomic mass is 10.1. The molecule has 0 heterocycles. The number of rotatable bonds is 9. The van der Waals surface area contributed by atoms with Crippen LogP contribution in [0.15, 0.2) is 18.2 Å². The maximum atomic E-state index is 12.1. The zero-order chi connectivity index (χ0) is 18.6. The van der Waals surface area contributed by atoms with Gasteiger partial charge in [-0.3, -0.25) is 14.9 Å². The maximum absolute atomic E-state index is 12.1. The number of nitrogens with zero attached hydrogens (tertiary/aromatic N) is 2. The summed E-state index contributed by atoms with van der Waals surface area (Å²) in [7, 11) is -1.78. The Labute approximate surface area is 146 Å². The first kappa shape index (κ1) is 19.1. The monoisotopic (exact) mass is 370 g/mol. The highest BCUT2D eigenvalue weighted by atomic mass is 32.2. The molecule has 0 spiro atoms. The molecule has 0 aliphatic heterocycles. The normalized spacial score (nSPS) is 14.4. The number of nitrogens with one attached hydrogen (secondary N) is 2. The van der Waals surface area contributed by atoms with E-state index in [4.69, 9.17) is 0 Å². The SMILES string of the molecule is CN(CCCNC(=O)c1ccc(NC2CC2)c([N+](=O)[O-])c1)S(C)(=O)=O. The number of carbonyl (C=O) groups is 1. The Hall–Kier alpha value is -2.20. The summed E-state index contributed by atoms with van der Waals surface area (Å²) in [4.78, 5) is 22.8. The minimum absolute atomic E-state index is 0.128. The van der Waals surface area contributed by atoms with Gasteiger partial charge in [0.05, 0.1) is 11.2 Å². The molecule has 138 valence electrons. The van der Waals surface area contributed by atoms with E-state index in [9.17, 15) is 23.3 Å². The molecule has 9 nitrogen and oxygen atoms in total. The van der Waals surface area contributed by atoms with Crippen molar-refractivity contribution < 1.29 is 18.1 Å². The predicted molar refractivity (Wildman–Crippen MR) is 94.2 cm³/mol. The standard InChI is InChI=1S/C15H22N4O5S/c1-18(25(2,23)24)9-3-8-16-15(20)11-4-7-13(17-12-5-6-12)14(10-11)19(21)22/h4,7,10,12,17H,3,5-6,8-9H2,1-2H3,(H,16,20). The number of hydrogen-bond donors (Lipinski definition) is 2. The molecule has 1 fully saturated rings. The number of amides is 1. The fraction of sp³-hybridized carbons (Fsp3) is 0.533. The van der Waals surface area contributed by atoms with Crippen LogP contribution in [0.1, 0.15) is 29.6 Å². The van der Waals surface area contributed by atoms with E-state index in [0.29, 0.717) is 12.1 Å². The number of anilines is 1. The molecule has 0 unspecified atom stereocenters. The lowest BCUT2D eigenvalue weighted by Crippen LogP contribution is -2.31. The summed E-state index contributed by atoms with van der Waals surface area (Å²) < 4.78 is 23.7. The Morgan fingerprint density at radius 1 is 1.40 bits per heavy atom. The van der Waals surface area contributed by atoms with Gasteiger partial charge in [0, 0.05) is 37.8 Å². The molecular formula is C15H22N4O5S. The van der Waals surface area contributed by atoms with Crippen LogP contribution in [0, 0.1) is 10.1 Å². The van der Waals surface area contributed by atoms with Crippen molar-refractivity contribution in [3.63, 3.8) is 0 Å². The molecule has 1 saturated carbocycles. The van der Waals surface area contributed by atoms with Crippen LogP contribution in [0.4, 0.5) is 11.4 Å². The summed E-state index contributed by atoms with van der Waals surface area (Å²) in [5, 5.41) is 16.9. The first-order chi connectivity index (χ1) is 11.7. The number of benzene rings is 1. The Bertz CT molecular complexity index is 761. The molecule has 0 atom stereocenters. The van der Waals surface area contributed by atoms with Crippen molar-refractivity contribution in [1.82, 2.24) is 9.62 Å². The predicted octanol–water partition coefficient (Wildman–Crippen LogP) is 1.18. The van der Waals surface area contributed by atoms with Crippen LogP contribution >= 0.6 is 0 Å². The number of hydrogen-bond acceptors (Lipinski definition) is 6. The first-order valence-electron chi connectivity index (χ1n) is 7.93. The first-order valence-corrected chi connectivity index (χ1v) is 9.78. The molecule has 0 aromatic heterocycles. The van der Waals surface area contributed by atoms with Crippen molar-refractivity contribution in [2.24, 2.45) is 0 Å². The van der Waals surface area contributed by atoms with Crippen LogP contribution in [0.5, 0.6) is 0 Å². The topological polar surface area (TPSA) is 122 Å². The van der Waals surface area contributed by atoms with Crippen LogP contribution in [0.3, 0.4) is 0 Å². The van der Waals surface area contributed by atoms with E-state index in [0.717, 1.165) is 19.1 Å². The highest BCUT2D eigenvalue weighted by Crippen LogP contribution is 2.31. The van der Waals surface area contributed by atoms with Crippen molar-refractivity contribution in [2.45, 2.75) is 25.3 Å². The Balaban J connectivity index is 1.92. The number of carbonyl (C=O) groups excluding carboxylic acids is 1. The van der Waals surface area contributed by atoms with E-state index >= 15 is 0 Å². The van der Waals surface area contributed by atoms with Crippen LogP contribution in [-0.4, -0.2) is 56.0 Å². The highest BCUT2D eigenvalue weighted by Gasteiger charge is 2.25. The molecule has 10 heteroatoms. The van der Waals surface area contributed by atoms with Gasteiger partial charge >= 0.3 is 0 Å². The summed E-state index contributed by atoms with van der Waals surface area (Å²) >= 11 is 0. The average molecular weight is 370 g/mol. The zero-order valence-corrected chi connectivity index (χ0v) is 15.0. The van der Waals surface area contributed by atoms with Crippen molar-refractivity contribution in [1.29, 1.82) is 0 Å². The fourth-order valence-corrected chi connectivity index (χ4v) is 2.63. The Morgan fingerprint density at radius 2 is 2.08 bits per heavy atom. The smallest absolute Gasteiger partial charge is 0.293 e. The lowest BCUT2D eigenvalue weighted by molar-refractivity contribution is -0.384. The van der Waals surface area contributed by atoms with Gasteiger partial charge in [0.1, 0.15) is 5.69 Å². The zero-order valence-electron chi connectivity index (χ0n) is 14.2. The molecule has 25 heavy (non-hydrogen) atoms. The Kier molecular flexibility index (Phi) is 5.96. The summed E-state index contributed by atoms with van der Waals surface area (Å²) in [6, 6.07) is 4.60. The molecule has 1 amide bonds. The van der Waals surface area contributed by atoms with Crippen LogP contribution in [0.2, 0.25) is 0 Å². The molecule has 1 aliphatic rings. The van der Waals surface area contributed by atoms with E-state index in [1.165, 1.54) is 23.5 Å². The van der Waals surface area contributed by atoms with Crippen LogP contribution in [-0.2, 0) is 10.0 Å². The van der Waals surface area contributed by atoms with Crippen molar-refractivity contribution in [3.05, 3.63) is 33.9 Å². The van der Waals surface area contributed by atoms with Crippen molar-refractivity contribution in [2.75, 3.05) is 31.7 Å².